The molecule has 0 unspecified atom stereocenters. The van der Waals surface area contributed by atoms with E-state index in [1.807, 2.05) is 48.5 Å². The van der Waals surface area contributed by atoms with Crippen LogP contribution in [-0.4, -0.2) is 17.7 Å². The van der Waals surface area contributed by atoms with Gasteiger partial charge in [0.2, 0.25) is 0 Å². The molecule has 0 aliphatic carbocycles. The summed E-state index contributed by atoms with van der Waals surface area (Å²) in [4.78, 5) is 10.7. The van der Waals surface area contributed by atoms with Crippen LogP contribution in [-0.2, 0) is 4.79 Å². The van der Waals surface area contributed by atoms with Gasteiger partial charge in [0.25, 0.3) is 0 Å². The second kappa shape index (κ2) is 8.86. The van der Waals surface area contributed by atoms with E-state index in [1.54, 1.807) is 0 Å². The Hall–Kier alpha value is -3.33. The van der Waals surface area contributed by atoms with E-state index in [4.69, 9.17) is 9.84 Å². The van der Waals surface area contributed by atoms with E-state index < -0.39 is 5.97 Å². The summed E-state index contributed by atoms with van der Waals surface area (Å²) >= 11 is 0. The van der Waals surface area contributed by atoms with Crippen molar-refractivity contribution in [2.24, 2.45) is 0 Å². The molecule has 0 aromatic heterocycles. The SMILES string of the molecule is CC/C(=C(\c1ccccc1)c1ccc(OCC(=O)O)cc1)c1ccccc1. The number of carbonyl (C=O) groups is 1. The second-order valence-electron chi connectivity index (χ2n) is 6.15. The minimum Gasteiger partial charge on any atom is -0.482 e. The first-order valence-electron chi connectivity index (χ1n) is 8.98. The molecule has 0 amide bonds. The first kappa shape index (κ1) is 18.5. The molecule has 1 N–H and O–H groups in total. The summed E-state index contributed by atoms with van der Waals surface area (Å²) in [7, 11) is 0. The zero-order valence-electron chi connectivity index (χ0n) is 15.3. The van der Waals surface area contributed by atoms with E-state index >= 15 is 0 Å². The highest BCUT2D eigenvalue weighted by atomic mass is 16.5. The van der Waals surface area contributed by atoms with Gasteiger partial charge in [0, 0.05) is 0 Å². The number of carboxylic acid groups (broad SMARTS) is 1. The first-order valence-corrected chi connectivity index (χ1v) is 8.98. The Kier molecular flexibility index (Phi) is 6.06. The number of aliphatic carboxylic acids is 1. The van der Waals surface area contributed by atoms with Gasteiger partial charge >= 0.3 is 5.97 Å². The predicted molar refractivity (Wildman–Crippen MR) is 109 cm³/mol. The van der Waals surface area contributed by atoms with Crippen LogP contribution in [0.3, 0.4) is 0 Å². The molecule has 3 aromatic carbocycles. The third-order valence-corrected chi connectivity index (χ3v) is 4.35. The van der Waals surface area contributed by atoms with E-state index in [0.717, 1.165) is 17.5 Å². The van der Waals surface area contributed by atoms with Crippen molar-refractivity contribution in [1.29, 1.82) is 0 Å². The van der Waals surface area contributed by atoms with E-state index in [0.29, 0.717) is 5.75 Å². The van der Waals surface area contributed by atoms with Crippen LogP contribution in [0.2, 0.25) is 0 Å². The van der Waals surface area contributed by atoms with Gasteiger partial charge in [-0.25, -0.2) is 4.79 Å². The van der Waals surface area contributed by atoms with Crippen molar-refractivity contribution in [3.63, 3.8) is 0 Å². The van der Waals surface area contributed by atoms with Crippen molar-refractivity contribution >= 4 is 17.1 Å². The van der Waals surface area contributed by atoms with Crippen LogP contribution in [0.5, 0.6) is 5.75 Å². The zero-order chi connectivity index (χ0) is 19.1. The minimum absolute atomic E-state index is 0.342. The Labute approximate surface area is 159 Å². The van der Waals surface area contributed by atoms with Gasteiger partial charge in [0.1, 0.15) is 5.75 Å². The van der Waals surface area contributed by atoms with Gasteiger partial charge in [0.15, 0.2) is 6.61 Å². The quantitative estimate of drug-likeness (QED) is 0.566. The summed E-state index contributed by atoms with van der Waals surface area (Å²) < 4.78 is 5.26. The summed E-state index contributed by atoms with van der Waals surface area (Å²) in [6.45, 7) is 1.82. The average Bonchev–Trinajstić information content (AvgIpc) is 2.72. The van der Waals surface area contributed by atoms with Crippen LogP contribution in [0.1, 0.15) is 30.0 Å². The zero-order valence-corrected chi connectivity index (χ0v) is 15.3. The second-order valence-corrected chi connectivity index (χ2v) is 6.15. The average molecular weight is 358 g/mol. The largest absolute Gasteiger partial charge is 0.482 e. The molecule has 3 heteroatoms. The Morgan fingerprint density at radius 3 is 1.81 bits per heavy atom. The molecule has 0 aliphatic rings. The Morgan fingerprint density at radius 1 is 0.778 bits per heavy atom. The molecule has 0 saturated heterocycles. The number of benzene rings is 3. The minimum atomic E-state index is -0.985. The summed E-state index contributed by atoms with van der Waals surface area (Å²) in [5, 5.41) is 8.76. The van der Waals surface area contributed by atoms with E-state index in [9.17, 15) is 4.79 Å². The smallest absolute Gasteiger partial charge is 0.341 e. The third kappa shape index (κ3) is 4.64. The normalized spacial score (nSPS) is 11.6. The molecular formula is C24H22O3. The van der Waals surface area contributed by atoms with Crippen LogP contribution >= 0.6 is 0 Å². The number of rotatable bonds is 7. The van der Waals surface area contributed by atoms with Gasteiger partial charge in [-0.1, -0.05) is 79.7 Å². The summed E-state index contributed by atoms with van der Waals surface area (Å²) in [6, 6.07) is 28.3. The Balaban J connectivity index is 2.08. The maximum absolute atomic E-state index is 10.7. The fourth-order valence-electron chi connectivity index (χ4n) is 3.15. The number of ether oxygens (including phenoxy) is 1. The fraction of sp³-hybridized carbons (Fsp3) is 0.125. The van der Waals surface area contributed by atoms with Gasteiger partial charge in [-0.05, 0) is 46.4 Å². The summed E-state index contributed by atoms with van der Waals surface area (Å²) in [6.07, 6.45) is 0.894. The molecule has 3 rings (SSSR count). The lowest BCUT2D eigenvalue weighted by Crippen LogP contribution is -2.09. The van der Waals surface area contributed by atoms with Crippen LogP contribution in [0, 0.1) is 0 Å². The van der Waals surface area contributed by atoms with Crippen molar-refractivity contribution in [1.82, 2.24) is 0 Å². The maximum atomic E-state index is 10.7. The lowest BCUT2D eigenvalue weighted by Gasteiger charge is -2.16. The molecule has 0 saturated carbocycles. The Morgan fingerprint density at radius 2 is 1.30 bits per heavy atom. The molecular weight excluding hydrogens is 336 g/mol. The van der Waals surface area contributed by atoms with E-state index in [-0.39, 0.29) is 6.61 Å². The highest BCUT2D eigenvalue weighted by Gasteiger charge is 2.13. The van der Waals surface area contributed by atoms with Gasteiger partial charge in [-0.3, -0.25) is 0 Å². The highest BCUT2D eigenvalue weighted by Crippen LogP contribution is 2.34. The number of allylic oxidation sites excluding steroid dienone is 1. The van der Waals surface area contributed by atoms with Gasteiger partial charge in [0.05, 0.1) is 0 Å². The number of hydrogen-bond acceptors (Lipinski definition) is 2. The van der Waals surface area contributed by atoms with Crippen LogP contribution < -0.4 is 4.74 Å². The molecule has 0 atom stereocenters. The standard InChI is InChI=1S/C24H22O3/c1-2-22(18-9-5-3-6-10-18)24(19-11-7-4-8-12-19)20-13-15-21(16-14-20)27-17-23(25)26/h3-16H,2,17H2,1H3,(H,25,26)/b24-22-. The topological polar surface area (TPSA) is 46.5 Å². The summed E-state index contributed by atoms with van der Waals surface area (Å²) in [5.74, 6) is -0.437. The number of carboxylic acids is 1. The van der Waals surface area contributed by atoms with E-state index in [1.165, 1.54) is 16.7 Å². The lowest BCUT2D eigenvalue weighted by molar-refractivity contribution is -0.139. The van der Waals surface area contributed by atoms with Crippen LogP contribution in [0.25, 0.3) is 11.1 Å². The molecule has 27 heavy (non-hydrogen) atoms. The van der Waals surface area contributed by atoms with E-state index in [2.05, 4.69) is 43.3 Å². The van der Waals surface area contributed by atoms with Crippen molar-refractivity contribution in [3.8, 4) is 5.75 Å². The molecule has 3 aromatic rings. The predicted octanol–water partition coefficient (Wildman–Crippen LogP) is 5.52. The maximum Gasteiger partial charge on any atom is 0.341 e. The highest BCUT2D eigenvalue weighted by molar-refractivity contribution is 5.98. The van der Waals surface area contributed by atoms with Crippen molar-refractivity contribution in [3.05, 3.63) is 102 Å². The Bertz CT molecular complexity index is 911. The van der Waals surface area contributed by atoms with Crippen molar-refractivity contribution in [2.45, 2.75) is 13.3 Å². The first-order chi connectivity index (χ1) is 13.2. The number of hydrogen-bond donors (Lipinski definition) is 1. The lowest BCUT2D eigenvalue weighted by atomic mass is 9.88. The molecule has 0 spiro atoms. The van der Waals surface area contributed by atoms with Crippen LogP contribution in [0.4, 0.5) is 0 Å². The van der Waals surface area contributed by atoms with Gasteiger partial charge < -0.3 is 9.84 Å². The van der Waals surface area contributed by atoms with Crippen molar-refractivity contribution in [2.75, 3.05) is 6.61 Å². The molecule has 136 valence electrons. The van der Waals surface area contributed by atoms with Crippen molar-refractivity contribution < 1.29 is 14.6 Å². The van der Waals surface area contributed by atoms with Gasteiger partial charge in [-0.2, -0.15) is 0 Å². The molecule has 0 aliphatic heterocycles. The van der Waals surface area contributed by atoms with Crippen LogP contribution in [0.15, 0.2) is 84.9 Å². The molecule has 0 bridgehead atoms. The third-order valence-electron chi connectivity index (χ3n) is 4.35. The molecule has 0 radical (unpaired) electrons. The monoisotopic (exact) mass is 358 g/mol. The molecule has 0 fully saturated rings. The summed E-state index contributed by atoms with van der Waals surface area (Å²) in [5.41, 5.74) is 5.86. The van der Waals surface area contributed by atoms with Gasteiger partial charge in [-0.15, -0.1) is 0 Å². The molecule has 0 heterocycles. The fourth-order valence-corrected chi connectivity index (χ4v) is 3.15. The molecule has 3 nitrogen and oxygen atoms in total.